The number of rotatable bonds is 5. The van der Waals surface area contributed by atoms with Crippen molar-refractivity contribution in [1.29, 1.82) is 0 Å². The van der Waals surface area contributed by atoms with Gasteiger partial charge in [-0.1, -0.05) is 0 Å². The maximum atomic E-state index is 12.4. The van der Waals surface area contributed by atoms with Gasteiger partial charge < -0.3 is 14.4 Å². The number of piperidine rings is 1. The second-order valence-corrected chi connectivity index (χ2v) is 9.00. The Morgan fingerprint density at radius 3 is 2.44 bits per heavy atom. The Balaban J connectivity index is 1.21. The van der Waals surface area contributed by atoms with Crippen LogP contribution in [0, 0.1) is 0 Å². The molecule has 4 rings (SSSR count). The number of hydrogen-bond donors (Lipinski definition) is 0. The van der Waals surface area contributed by atoms with Crippen LogP contribution in [-0.4, -0.2) is 115 Å². The van der Waals surface area contributed by atoms with E-state index in [4.69, 9.17) is 9.47 Å². The minimum absolute atomic E-state index is 0.103. The van der Waals surface area contributed by atoms with Gasteiger partial charge in [0.1, 0.15) is 5.60 Å². The second-order valence-electron chi connectivity index (χ2n) is 9.00. The Morgan fingerprint density at radius 1 is 1.07 bits per heavy atom. The molecule has 7 heteroatoms. The first-order valence-corrected chi connectivity index (χ1v) is 10.8. The summed E-state index contributed by atoms with van der Waals surface area (Å²) < 4.78 is 11.4. The summed E-state index contributed by atoms with van der Waals surface area (Å²) in [6.07, 6.45) is 2.95. The zero-order valence-electron chi connectivity index (χ0n) is 17.1. The van der Waals surface area contributed by atoms with Gasteiger partial charge in [-0.25, -0.2) is 4.79 Å². The molecule has 0 aromatic heterocycles. The molecule has 0 saturated carbocycles. The SMILES string of the molecule is CC(C)N1CCN(CCN2CC3(CCN(C4CCOC4)CC3)OC2=O)CC1. The van der Waals surface area contributed by atoms with E-state index in [0.717, 1.165) is 91.4 Å². The van der Waals surface area contributed by atoms with Crippen molar-refractivity contribution >= 4 is 6.09 Å². The predicted molar refractivity (Wildman–Crippen MR) is 104 cm³/mol. The molecule has 4 aliphatic rings. The molecule has 154 valence electrons. The van der Waals surface area contributed by atoms with Crippen molar-refractivity contribution in [2.24, 2.45) is 0 Å². The first kappa shape index (κ1) is 19.4. The summed E-state index contributed by atoms with van der Waals surface area (Å²) >= 11 is 0. The lowest BCUT2D eigenvalue weighted by atomic mass is 9.90. The third-order valence-electron chi connectivity index (χ3n) is 7.00. The number of piperazine rings is 1. The minimum atomic E-state index is -0.247. The van der Waals surface area contributed by atoms with Gasteiger partial charge in [0.25, 0.3) is 0 Å². The molecule has 4 saturated heterocycles. The van der Waals surface area contributed by atoms with Crippen LogP contribution < -0.4 is 0 Å². The van der Waals surface area contributed by atoms with Gasteiger partial charge in [-0.3, -0.25) is 14.7 Å². The van der Waals surface area contributed by atoms with Crippen molar-refractivity contribution in [1.82, 2.24) is 19.6 Å². The summed E-state index contributed by atoms with van der Waals surface area (Å²) in [4.78, 5) is 21.9. The fourth-order valence-electron chi connectivity index (χ4n) is 5.00. The molecule has 7 nitrogen and oxygen atoms in total. The fourth-order valence-corrected chi connectivity index (χ4v) is 5.00. The molecule has 0 aromatic rings. The summed E-state index contributed by atoms with van der Waals surface area (Å²) in [5.41, 5.74) is -0.247. The number of carbonyl (C=O) groups excluding carboxylic acids is 1. The van der Waals surface area contributed by atoms with Crippen molar-refractivity contribution in [2.45, 2.75) is 50.8 Å². The van der Waals surface area contributed by atoms with Crippen LogP contribution in [0.5, 0.6) is 0 Å². The highest BCUT2D eigenvalue weighted by atomic mass is 16.6. The van der Waals surface area contributed by atoms with Crippen molar-refractivity contribution < 1.29 is 14.3 Å². The molecule has 4 fully saturated rings. The Labute approximate surface area is 163 Å². The molecular weight excluding hydrogens is 344 g/mol. The van der Waals surface area contributed by atoms with Gasteiger partial charge in [0.15, 0.2) is 0 Å². The van der Waals surface area contributed by atoms with E-state index >= 15 is 0 Å². The third-order valence-corrected chi connectivity index (χ3v) is 7.00. The van der Waals surface area contributed by atoms with E-state index in [-0.39, 0.29) is 11.7 Å². The molecule has 1 unspecified atom stereocenters. The van der Waals surface area contributed by atoms with E-state index in [0.29, 0.717) is 12.1 Å². The largest absolute Gasteiger partial charge is 0.441 e. The van der Waals surface area contributed by atoms with Crippen LogP contribution in [0.4, 0.5) is 4.79 Å². The average Bonchev–Trinajstić information content (AvgIpc) is 3.30. The standard InChI is InChI=1S/C20H36N4O3/c1-17(2)22-11-8-21(9-12-22)10-13-24-16-20(27-19(24)25)4-6-23(7-5-20)18-3-14-26-15-18/h17-18H,3-16H2,1-2H3. The lowest BCUT2D eigenvalue weighted by Crippen LogP contribution is -2.51. The highest BCUT2D eigenvalue weighted by molar-refractivity contribution is 5.70. The van der Waals surface area contributed by atoms with Crippen LogP contribution >= 0.6 is 0 Å². The highest BCUT2D eigenvalue weighted by Gasteiger charge is 2.47. The van der Waals surface area contributed by atoms with Gasteiger partial charge in [0.2, 0.25) is 0 Å². The Bertz CT molecular complexity index is 507. The number of ether oxygens (including phenoxy) is 2. The molecule has 27 heavy (non-hydrogen) atoms. The average molecular weight is 381 g/mol. The molecule has 0 radical (unpaired) electrons. The highest BCUT2D eigenvalue weighted by Crippen LogP contribution is 2.34. The monoisotopic (exact) mass is 380 g/mol. The normalized spacial score (nSPS) is 30.6. The smallest absolute Gasteiger partial charge is 0.410 e. The van der Waals surface area contributed by atoms with E-state index in [1.165, 1.54) is 0 Å². The second kappa shape index (κ2) is 8.23. The number of amides is 1. The minimum Gasteiger partial charge on any atom is -0.441 e. The first-order chi connectivity index (χ1) is 13.0. The molecule has 0 bridgehead atoms. The van der Waals surface area contributed by atoms with Crippen LogP contribution in [0.25, 0.3) is 0 Å². The molecule has 4 heterocycles. The van der Waals surface area contributed by atoms with Crippen molar-refractivity contribution in [3.8, 4) is 0 Å². The molecule has 4 aliphatic heterocycles. The Morgan fingerprint density at radius 2 is 1.81 bits per heavy atom. The van der Waals surface area contributed by atoms with Crippen LogP contribution in [0.2, 0.25) is 0 Å². The molecule has 0 N–H and O–H groups in total. The van der Waals surface area contributed by atoms with Gasteiger partial charge in [-0.2, -0.15) is 0 Å². The van der Waals surface area contributed by atoms with Crippen molar-refractivity contribution in [2.75, 3.05) is 72.1 Å². The van der Waals surface area contributed by atoms with Gasteiger partial charge >= 0.3 is 6.09 Å². The Kier molecular flexibility index (Phi) is 5.92. The zero-order valence-corrected chi connectivity index (χ0v) is 17.1. The van der Waals surface area contributed by atoms with Crippen molar-refractivity contribution in [3.05, 3.63) is 0 Å². The zero-order chi connectivity index (χ0) is 18.9. The Hall–Kier alpha value is -0.890. The molecule has 1 amide bonds. The first-order valence-electron chi connectivity index (χ1n) is 10.8. The summed E-state index contributed by atoms with van der Waals surface area (Å²) in [6.45, 7) is 15.3. The number of hydrogen-bond acceptors (Lipinski definition) is 6. The fraction of sp³-hybridized carbons (Fsp3) is 0.950. The third kappa shape index (κ3) is 4.42. The molecule has 1 atom stereocenters. The summed E-state index contributed by atoms with van der Waals surface area (Å²) in [5.74, 6) is 0. The molecule has 1 spiro atoms. The van der Waals surface area contributed by atoms with Crippen LogP contribution in [-0.2, 0) is 9.47 Å². The molecular formula is C20H36N4O3. The summed E-state index contributed by atoms with van der Waals surface area (Å²) in [6, 6.07) is 1.20. The maximum absolute atomic E-state index is 12.4. The lowest BCUT2D eigenvalue weighted by Gasteiger charge is -2.40. The summed E-state index contributed by atoms with van der Waals surface area (Å²) in [5, 5.41) is 0. The van der Waals surface area contributed by atoms with Crippen molar-refractivity contribution in [3.63, 3.8) is 0 Å². The van der Waals surface area contributed by atoms with Gasteiger partial charge in [0, 0.05) is 83.9 Å². The van der Waals surface area contributed by atoms with Crippen LogP contribution in [0.1, 0.15) is 33.1 Å². The quantitative estimate of drug-likeness (QED) is 0.712. The van der Waals surface area contributed by atoms with E-state index in [1.54, 1.807) is 0 Å². The summed E-state index contributed by atoms with van der Waals surface area (Å²) in [7, 11) is 0. The van der Waals surface area contributed by atoms with E-state index < -0.39 is 0 Å². The molecule has 0 aliphatic carbocycles. The van der Waals surface area contributed by atoms with Crippen LogP contribution in [0.15, 0.2) is 0 Å². The van der Waals surface area contributed by atoms with E-state index in [2.05, 4.69) is 28.5 Å². The predicted octanol–water partition coefficient (Wildman–Crippen LogP) is 1.09. The topological polar surface area (TPSA) is 48.5 Å². The molecule has 0 aromatic carbocycles. The maximum Gasteiger partial charge on any atom is 0.410 e. The van der Waals surface area contributed by atoms with E-state index in [9.17, 15) is 4.79 Å². The van der Waals surface area contributed by atoms with Gasteiger partial charge in [-0.15, -0.1) is 0 Å². The number of likely N-dealkylation sites (tertiary alicyclic amines) is 1. The van der Waals surface area contributed by atoms with Gasteiger partial charge in [-0.05, 0) is 20.3 Å². The number of nitrogens with zero attached hydrogens (tertiary/aromatic N) is 4. The van der Waals surface area contributed by atoms with Crippen LogP contribution in [0.3, 0.4) is 0 Å². The lowest BCUT2D eigenvalue weighted by molar-refractivity contribution is -0.0112. The number of carbonyl (C=O) groups is 1. The van der Waals surface area contributed by atoms with E-state index in [1.807, 2.05) is 4.90 Å². The van der Waals surface area contributed by atoms with Gasteiger partial charge in [0.05, 0.1) is 13.2 Å².